The minimum absolute atomic E-state index is 0.133. The van der Waals surface area contributed by atoms with Gasteiger partial charge in [-0.2, -0.15) is 18.4 Å². The van der Waals surface area contributed by atoms with E-state index in [2.05, 4.69) is 32.8 Å². The average Bonchev–Trinajstić information content (AvgIpc) is 3.03. The summed E-state index contributed by atoms with van der Waals surface area (Å²) in [6.45, 7) is 9.14. The molecule has 0 aromatic carbocycles. The number of piperidine rings is 1. The predicted octanol–water partition coefficient (Wildman–Crippen LogP) is 4.53. The number of hydrogen-bond donors (Lipinski definition) is 1. The van der Waals surface area contributed by atoms with E-state index in [0.29, 0.717) is 16.0 Å². The highest BCUT2D eigenvalue weighted by atomic mass is 32.1. The van der Waals surface area contributed by atoms with E-state index in [4.69, 9.17) is 0 Å². The molecule has 1 aliphatic heterocycles. The van der Waals surface area contributed by atoms with Crippen LogP contribution in [0.3, 0.4) is 0 Å². The van der Waals surface area contributed by atoms with Crippen molar-refractivity contribution >= 4 is 27.4 Å². The van der Waals surface area contributed by atoms with Crippen LogP contribution in [0.4, 0.5) is 19.0 Å². The van der Waals surface area contributed by atoms with Crippen LogP contribution in [0.5, 0.6) is 0 Å². The van der Waals surface area contributed by atoms with Gasteiger partial charge in [-0.05, 0) is 38.3 Å². The molecule has 1 fully saturated rings. The SMILES string of the molecule is C=C(C)C(C)(C#N)N1CCC(Nc2ncnc3sc(CC(F)(F)F)cc23)CC1. The predicted molar refractivity (Wildman–Crippen MR) is 104 cm³/mol. The number of fused-ring (bicyclic) bond motifs is 1. The van der Waals surface area contributed by atoms with E-state index in [1.165, 1.54) is 12.4 Å². The highest BCUT2D eigenvalue weighted by Gasteiger charge is 2.35. The molecule has 1 saturated heterocycles. The Morgan fingerprint density at radius 1 is 1.39 bits per heavy atom. The Kier molecular flexibility index (Phi) is 5.64. The third-order valence-corrected chi connectivity index (χ3v) is 6.32. The lowest BCUT2D eigenvalue weighted by atomic mass is 9.90. The summed E-state index contributed by atoms with van der Waals surface area (Å²) in [5.41, 5.74) is 0.127. The molecule has 0 spiro atoms. The zero-order valence-corrected chi connectivity index (χ0v) is 16.6. The summed E-state index contributed by atoms with van der Waals surface area (Å²) in [4.78, 5) is 11.3. The van der Waals surface area contributed by atoms with Gasteiger partial charge in [0.15, 0.2) is 0 Å². The van der Waals surface area contributed by atoms with Crippen LogP contribution in [0.2, 0.25) is 0 Å². The van der Waals surface area contributed by atoms with Gasteiger partial charge in [0.2, 0.25) is 0 Å². The molecule has 0 amide bonds. The summed E-state index contributed by atoms with van der Waals surface area (Å²) in [5, 5.41) is 13.5. The quantitative estimate of drug-likeness (QED) is 0.735. The Balaban J connectivity index is 1.71. The van der Waals surface area contributed by atoms with E-state index < -0.39 is 18.1 Å². The maximum Gasteiger partial charge on any atom is 0.393 e. The standard InChI is InChI=1S/C19H22F3N5S/c1-12(2)18(3,10-23)27-6-4-13(5-7-27)26-16-15-8-14(9-19(20,21)22)28-17(15)25-11-24-16/h8,11,13H,1,4-7,9H2,2-3H3,(H,24,25,26). The maximum absolute atomic E-state index is 12.7. The number of halogens is 3. The summed E-state index contributed by atoms with van der Waals surface area (Å²) in [5.74, 6) is 0.566. The number of rotatable bonds is 5. The van der Waals surface area contributed by atoms with Crippen molar-refractivity contribution in [3.8, 4) is 6.07 Å². The van der Waals surface area contributed by atoms with Gasteiger partial charge in [0.1, 0.15) is 22.5 Å². The average molecular weight is 409 g/mol. The molecule has 1 aliphatic rings. The van der Waals surface area contributed by atoms with Gasteiger partial charge in [-0.1, -0.05) is 6.58 Å². The monoisotopic (exact) mass is 409 g/mol. The van der Waals surface area contributed by atoms with Gasteiger partial charge in [0, 0.05) is 24.0 Å². The summed E-state index contributed by atoms with van der Waals surface area (Å²) in [7, 11) is 0. The number of thiophene rings is 1. The lowest BCUT2D eigenvalue weighted by Gasteiger charge is -2.41. The molecule has 0 radical (unpaired) electrons. The van der Waals surface area contributed by atoms with Crippen LogP contribution in [0.15, 0.2) is 24.5 Å². The molecule has 0 saturated carbocycles. The molecular formula is C19H22F3N5S. The fourth-order valence-corrected chi connectivity index (χ4v) is 4.43. The van der Waals surface area contributed by atoms with Crippen molar-refractivity contribution in [1.29, 1.82) is 5.26 Å². The third kappa shape index (κ3) is 4.28. The third-order valence-electron chi connectivity index (χ3n) is 5.27. The Bertz CT molecular complexity index is 908. The molecule has 0 aliphatic carbocycles. The van der Waals surface area contributed by atoms with Gasteiger partial charge in [-0.25, -0.2) is 9.97 Å². The first kappa shape index (κ1) is 20.6. The zero-order valence-electron chi connectivity index (χ0n) is 15.8. The number of anilines is 1. The lowest BCUT2D eigenvalue weighted by molar-refractivity contribution is -0.126. The first-order valence-electron chi connectivity index (χ1n) is 9.01. The second kappa shape index (κ2) is 7.68. The Morgan fingerprint density at radius 3 is 2.64 bits per heavy atom. The number of nitriles is 1. The van der Waals surface area contributed by atoms with E-state index in [0.717, 1.165) is 42.8 Å². The van der Waals surface area contributed by atoms with E-state index >= 15 is 0 Å². The van der Waals surface area contributed by atoms with Crippen molar-refractivity contribution in [1.82, 2.24) is 14.9 Å². The molecule has 1 N–H and O–H groups in total. The highest BCUT2D eigenvalue weighted by Crippen LogP contribution is 2.33. The number of likely N-dealkylation sites (tertiary alicyclic amines) is 1. The van der Waals surface area contributed by atoms with E-state index in [9.17, 15) is 18.4 Å². The number of nitrogens with zero attached hydrogens (tertiary/aromatic N) is 4. The molecule has 1 atom stereocenters. The van der Waals surface area contributed by atoms with Crippen LogP contribution in [-0.4, -0.2) is 45.7 Å². The molecule has 0 bridgehead atoms. The first-order chi connectivity index (χ1) is 13.1. The number of aromatic nitrogens is 2. The summed E-state index contributed by atoms with van der Waals surface area (Å²) in [6, 6.07) is 4.01. The summed E-state index contributed by atoms with van der Waals surface area (Å²) < 4.78 is 38.0. The highest BCUT2D eigenvalue weighted by molar-refractivity contribution is 7.18. The second-order valence-corrected chi connectivity index (χ2v) is 8.43. The molecule has 5 nitrogen and oxygen atoms in total. The van der Waals surface area contributed by atoms with Crippen LogP contribution in [0.25, 0.3) is 10.2 Å². The van der Waals surface area contributed by atoms with Gasteiger partial charge < -0.3 is 5.32 Å². The lowest BCUT2D eigenvalue weighted by Crippen LogP contribution is -2.51. The normalized spacial score (nSPS) is 18.6. The summed E-state index contributed by atoms with van der Waals surface area (Å²) >= 11 is 1.05. The van der Waals surface area contributed by atoms with E-state index in [1.54, 1.807) is 0 Å². The van der Waals surface area contributed by atoms with Crippen LogP contribution >= 0.6 is 11.3 Å². The molecule has 150 valence electrons. The second-order valence-electron chi connectivity index (χ2n) is 7.32. The Morgan fingerprint density at radius 2 is 2.07 bits per heavy atom. The number of hydrogen-bond acceptors (Lipinski definition) is 6. The van der Waals surface area contributed by atoms with Crippen molar-refractivity contribution in [2.45, 2.75) is 50.9 Å². The zero-order chi connectivity index (χ0) is 20.5. The Hall–Kier alpha value is -2.18. The van der Waals surface area contributed by atoms with Crippen molar-refractivity contribution in [2.24, 2.45) is 0 Å². The van der Waals surface area contributed by atoms with Crippen LogP contribution < -0.4 is 5.32 Å². The fourth-order valence-electron chi connectivity index (χ4n) is 3.41. The van der Waals surface area contributed by atoms with Gasteiger partial charge in [-0.3, -0.25) is 4.90 Å². The Labute approximate surface area is 165 Å². The molecule has 28 heavy (non-hydrogen) atoms. The van der Waals surface area contributed by atoms with Crippen LogP contribution in [0, 0.1) is 11.3 Å². The van der Waals surface area contributed by atoms with E-state index in [1.807, 2.05) is 13.8 Å². The molecule has 3 rings (SSSR count). The van der Waals surface area contributed by atoms with Crippen molar-refractivity contribution in [2.75, 3.05) is 18.4 Å². The van der Waals surface area contributed by atoms with Crippen molar-refractivity contribution in [3.63, 3.8) is 0 Å². The van der Waals surface area contributed by atoms with Crippen molar-refractivity contribution in [3.05, 3.63) is 29.4 Å². The molecule has 9 heteroatoms. The molecule has 1 unspecified atom stereocenters. The number of nitrogens with one attached hydrogen (secondary N) is 1. The first-order valence-corrected chi connectivity index (χ1v) is 9.83. The minimum Gasteiger partial charge on any atom is -0.367 e. The number of alkyl halides is 3. The molecule has 2 aromatic rings. The minimum atomic E-state index is -4.24. The van der Waals surface area contributed by atoms with Crippen LogP contribution in [0.1, 0.15) is 31.6 Å². The van der Waals surface area contributed by atoms with Gasteiger partial charge in [0.05, 0.1) is 17.9 Å². The summed E-state index contributed by atoms with van der Waals surface area (Å²) in [6.07, 6.45) is -2.22. The van der Waals surface area contributed by atoms with Gasteiger partial charge >= 0.3 is 6.18 Å². The topological polar surface area (TPSA) is 64.8 Å². The van der Waals surface area contributed by atoms with Crippen LogP contribution in [-0.2, 0) is 6.42 Å². The van der Waals surface area contributed by atoms with E-state index in [-0.39, 0.29) is 10.9 Å². The largest absolute Gasteiger partial charge is 0.393 e. The molecular weight excluding hydrogens is 387 g/mol. The van der Waals surface area contributed by atoms with Crippen molar-refractivity contribution < 1.29 is 13.2 Å². The molecule has 2 aromatic heterocycles. The molecule has 3 heterocycles. The smallest absolute Gasteiger partial charge is 0.367 e. The van der Waals surface area contributed by atoms with Gasteiger partial charge in [0.25, 0.3) is 0 Å². The fraction of sp³-hybridized carbons (Fsp3) is 0.526. The van der Waals surface area contributed by atoms with Gasteiger partial charge in [-0.15, -0.1) is 11.3 Å². The maximum atomic E-state index is 12.7.